The lowest BCUT2D eigenvalue weighted by molar-refractivity contribution is -0.128. The minimum atomic E-state index is -0.594. The Morgan fingerprint density at radius 3 is 2.90 bits per heavy atom. The summed E-state index contributed by atoms with van der Waals surface area (Å²) < 4.78 is 11.0. The average molecular weight is 479 g/mol. The van der Waals surface area contributed by atoms with Crippen LogP contribution in [0.2, 0.25) is 0 Å². The molecule has 2 amide bonds. The van der Waals surface area contributed by atoms with Gasteiger partial charge in [-0.1, -0.05) is 24.0 Å². The summed E-state index contributed by atoms with van der Waals surface area (Å²) in [7, 11) is 0. The van der Waals surface area contributed by atoms with Gasteiger partial charge in [-0.2, -0.15) is 0 Å². The van der Waals surface area contributed by atoms with Gasteiger partial charge in [0, 0.05) is 11.3 Å². The van der Waals surface area contributed by atoms with Crippen molar-refractivity contribution in [3.8, 4) is 0 Å². The van der Waals surface area contributed by atoms with E-state index >= 15 is 0 Å². The van der Waals surface area contributed by atoms with E-state index in [0.29, 0.717) is 20.6 Å². The molecule has 31 heavy (non-hydrogen) atoms. The molecule has 1 atom stereocenters. The van der Waals surface area contributed by atoms with E-state index in [1.807, 2.05) is 0 Å². The van der Waals surface area contributed by atoms with Crippen LogP contribution in [0.25, 0.3) is 0 Å². The van der Waals surface area contributed by atoms with Crippen LogP contribution in [0.1, 0.15) is 52.7 Å². The molecular weight excluding hydrogens is 456 g/mol. The summed E-state index contributed by atoms with van der Waals surface area (Å²) in [6.07, 6.45) is 5.30. The molecule has 10 heteroatoms. The van der Waals surface area contributed by atoms with Crippen molar-refractivity contribution in [1.29, 1.82) is 0 Å². The molecule has 2 aromatic rings. The summed E-state index contributed by atoms with van der Waals surface area (Å²) in [6.45, 7) is 2.28. The third-order valence-electron chi connectivity index (χ3n) is 5.17. The van der Waals surface area contributed by atoms with Gasteiger partial charge in [0.15, 0.2) is 0 Å². The predicted molar refractivity (Wildman–Crippen MR) is 123 cm³/mol. The first kappa shape index (κ1) is 22.0. The fourth-order valence-corrected chi connectivity index (χ4v) is 6.53. The number of rotatable bonds is 7. The Bertz CT molecular complexity index is 1010. The van der Waals surface area contributed by atoms with Crippen molar-refractivity contribution in [3.63, 3.8) is 0 Å². The Labute approximate surface area is 193 Å². The third-order valence-corrected chi connectivity index (χ3v) is 7.96. The molecular formula is C21H22N2O5S3. The Hall–Kier alpha value is -2.17. The van der Waals surface area contributed by atoms with Crippen molar-refractivity contribution in [2.24, 2.45) is 0 Å². The van der Waals surface area contributed by atoms with E-state index in [-0.39, 0.29) is 31.4 Å². The molecule has 0 radical (unpaired) electrons. The Morgan fingerprint density at radius 2 is 2.16 bits per heavy atom. The highest BCUT2D eigenvalue weighted by Crippen LogP contribution is 2.39. The summed E-state index contributed by atoms with van der Waals surface area (Å²) in [5.74, 6) is -0.311. The Balaban J connectivity index is 1.45. The van der Waals surface area contributed by atoms with Gasteiger partial charge in [0.2, 0.25) is 11.8 Å². The van der Waals surface area contributed by atoms with Crippen molar-refractivity contribution in [1.82, 2.24) is 4.90 Å². The van der Waals surface area contributed by atoms with Crippen LogP contribution in [0.3, 0.4) is 0 Å². The highest BCUT2D eigenvalue weighted by molar-refractivity contribution is 8.24. The lowest BCUT2D eigenvalue weighted by Crippen LogP contribution is -2.32. The van der Waals surface area contributed by atoms with Crippen molar-refractivity contribution < 1.29 is 23.5 Å². The van der Waals surface area contributed by atoms with E-state index in [1.54, 1.807) is 25.3 Å². The van der Waals surface area contributed by atoms with Crippen LogP contribution in [0.15, 0.2) is 22.8 Å². The number of aryl methyl sites for hydroxylation is 1. The van der Waals surface area contributed by atoms with Crippen LogP contribution in [-0.2, 0) is 33.7 Å². The van der Waals surface area contributed by atoms with Crippen LogP contribution in [0.4, 0.5) is 5.00 Å². The first-order chi connectivity index (χ1) is 15.0. The number of nitrogens with zero attached hydrogens (tertiary/aromatic N) is 1. The fourth-order valence-electron chi connectivity index (χ4n) is 3.75. The van der Waals surface area contributed by atoms with Gasteiger partial charge in [-0.15, -0.1) is 11.3 Å². The molecule has 0 bridgehead atoms. The van der Waals surface area contributed by atoms with Crippen molar-refractivity contribution in [2.75, 3.05) is 11.9 Å². The number of fused-ring (bicyclic) bond motifs is 1. The second kappa shape index (κ2) is 9.54. The molecule has 2 aliphatic rings. The molecule has 0 saturated carbocycles. The highest BCUT2D eigenvalue weighted by Gasteiger charge is 2.39. The van der Waals surface area contributed by atoms with Gasteiger partial charge in [0.05, 0.1) is 30.2 Å². The molecule has 1 aliphatic carbocycles. The highest BCUT2D eigenvalue weighted by atomic mass is 32.2. The standard InChI is InChI=1S/C21H22N2O5S3/c1-2-27-20(26)17-13-7-3-4-8-14(13)30-18(17)22-16(24)10-15-19(25)23(21(29)31-15)11-12-6-5-9-28-12/h5-6,9,15H,2-4,7-8,10-11H2,1H3,(H,22,24)/t15-/m0/s1. The van der Waals surface area contributed by atoms with E-state index in [9.17, 15) is 14.4 Å². The molecule has 1 N–H and O–H groups in total. The summed E-state index contributed by atoms with van der Waals surface area (Å²) in [5.41, 5.74) is 1.46. The Kier molecular flexibility index (Phi) is 6.78. The number of hydrogen-bond acceptors (Lipinski definition) is 8. The van der Waals surface area contributed by atoms with Crippen LogP contribution in [0.5, 0.6) is 0 Å². The summed E-state index contributed by atoms with van der Waals surface area (Å²) in [6, 6.07) is 3.52. The number of nitrogens with one attached hydrogen (secondary N) is 1. The number of thiocarbonyl (C=S) groups is 1. The second-order valence-electron chi connectivity index (χ2n) is 7.26. The predicted octanol–water partition coefficient (Wildman–Crippen LogP) is 4.15. The zero-order chi connectivity index (χ0) is 22.0. The lowest BCUT2D eigenvalue weighted by Gasteiger charge is -2.14. The number of carbonyl (C=O) groups excluding carboxylic acids is 3. The van der Waals surface area contributed by atoms with Gasteiger partial charge in [-0.05, 0) is 50.3 Å². The molecule has 164 valence electrons. The molecule has 1 saturated heterocycles. The van der Waals surface area contributed by atoms with Crippen LogP contribution >= 0.6 is 35.3 Å². The number of esters is 1. The zero-order valence-corrected chi connectivity index (χ0v) is 19.4. The molecule has 0 aromatic carbocycles. The van der Waals surface area contributed by atoms with E-state index in [1.165, 1.54) is 28.0 Å². The van der Waals surface area contributed by atoms with Crippen LogP contribution < -0.4 is 5.32 Å². The normalized spacial score (nSPS) is 18.2. The number of thiophene rings is 1. The number of furan rings is 1. The van der Waals surface area contributed by atoms with Crippen molar-refractivity contribution in [3.05, 3.63) is 40.2 Å². The van der Waals surface area contributed by atoms with E-state index in [2.05, 4.69) is 5.32 Å². The summed E-state index contributed by atoms with van der Waals surface area (Å²) in [4.78, 5) is 40.7. The molecule has 1 fully saturated rings. The molecule has 1 aliphatic heterocycles. The van der Waals surface area contributed by atoms with E-state index < -0.39 is 11.2 Å². The minimum absolute atomic E-state index is 0.0247. The SMILES string of the molecule is CCOC(=O)c1c(NC(=O)C[C@@H]2SC(=S)N(Cc3ccco3)C2=O)sc2c1CCCC2. The second-order valence-corrected chi connectivity index (χ2v) is 10.2. The summed E-state index contributed by atoms with van der Waals surface area (Å²) >= 11 is 7.97. The average Bonchev–Trinajstić information content (AvgIpc) is 3.43. The van der Waals surface area contributed by atoms with Crippen LogP contribution in [-0.4, -0.2) is 38.9 Å². The summed E-state index contributed by atoms with van der Waals surface area (Å²) in [5, 5.41) is 2.78. The number of anilines is 1. The fraction of sp³-hybridized carbons (Fsp3) is 0.429. The van der Waals surface area contributed by atoms with E-state index in [0.717, 1.165) is 36.1 Å². The molecule has 2 aromatic heterocycles. The first-order valence-corrected chi connectivity index (χ1v) is 12.2. The maximum atomic E-state index is 12.8. The number of carbonyl (C=O) groups is 3. The molecule has 7 nitrogen and oxygen atoms in total. The zero-order valence-electron chi connectivity index (χ0n) is 17.0. The van der Waals surface area contributed by atoms with Crippen molar-refractivity contribution in [2.45, 2.75) is 50.8 Å². The topological polar surface area (TPSA) is 88.8 Å². The van der Waals surface area contributed by atoms with Gasteiger partial charge < -0.3 is 14.5 Å². The number of amides is 2. The van der Waals surface area contributed by atoms with Gasteiger partial charge in [0.1, 0.15) is 15.1 Å². The number of thioether (sulfide) groups is 1. The van der Waals surface area contributed by atoms with Gasteiger partial charge in [-0.3, -0.25) is 14.5 Å². The van der Waals surface area contributed by atoms with Crippen molar-refractivity contribution >= 4 is 62.4 Å². The van der Waals surface area contributed by atoms with Gasteiger partial charge in [-0.25, -0.2) is 4.79 Å². The van der Waals surface area contributed by atoms with Crippen LogP contribution in [0, 0.1) is 0 Å². The molecule has 3 heterocycles. The van der Waals surface area contributed by atoms with Gasteiger partial charge >= 0.3 is 5.97 Å². The quantitative estimate of drug-likeness (QED) is 0.472. The maximum Gasteiger partial charge on any atom is 0.341 e. The monoisotopic (exact) mass is 478 g/mol. The Morgan fingerprint density at radius 1 is 1.35 bits per heavy atom. The maximum absolute atomic E-state index is 12.8. The molecule has 4 rings (SSSR count). The first-order valence-electron chi connectivity index (χ1n) is 10.1. The number of hydrogen-bond donors (Lipinski definition) is 1. The largest absolute Gasteiger partial charge is 0.467 e. The van der Waals surface area contributed by atoms with Gasteiger partial charge in [0.25, 0.3) is 0 Å². The molecule has 0 unspecified atom stereocenters. The smallest absolute Gasteiger partial charge is 0.341 e. The number of ether oxygens (including phenoxy) is 1. The van der Waals surface area contributed by atoms with E-state index in [4.69, 9.17) is 21.4 Å². The minimum Gasteiger partial charge on any atom is -0.467 e. The third kappa shape index (κ3) is 4.70. The lowest BCUT2D eigenvalue weighted by atomic mass is 9.95. The molecule has 0 spiro atoms.